The molecule has 3 rings (SSSR count). The summed E-state index contributed by atoms with van der Waals surface area (Å²) >= 11 is 5.89. The molecule has 1 amide bonds. The lowest BCUT2D eigenvalue weighted by Gasteiger charge is -2.33. The SMILES string of the molecule is O=C(NCCN1CCN(S(=O)(=O)c2ccc(F)cc2)CC1)c1cccc(Cl)c1. The van der Waals surface area contributed by atoms with Crippen LogP contribution in [0, 0.1) is 5.82 Å². The Morgan fingerprint density at radius 3 is 2.39 bits per heavy atom. The summed E-state index contributed by atoms with van der Waals surface area (Å²) in [5.41, 5.74) is 0.503. The minimum atomic E-state index is -3.62. The van der Waals surface area contributed by atoms with Gasteiger partial charge in [-0.25, -0.2) is 12.8 Å². The monoisotopic (exact) mass is 425 g/mol. The Morgan fingerprint density at radius 1 is 1.07 bits per heavy atom. The molecule has 2 aromatic carbocycles. The number of benzene rings is 2. The molecule has 0 unspecified atom stereocenters. The lowest BCUT2D eigenvalue weighted by Crippen LogP contribution is -2.50. The third-order valence-electron chi connectivity index (χ3n) is 4.58. The summed E-state index contributed by atoms with van der Waals surface area (Å²) in [6, 6.07) is 11.6. The molecule has 1 fully saturated rings. The molecule has 6 nitrogen and oxygen atoms in total. The van der Waals surface area contributed by atoms with E-state index in [9.17, 15) is 17.6 Å². The zero-order chi connectivity index (χ0) is 20.1. The Bertz CT molecular complexity index is 930. The Balaban J connectivity index is 1.46. The first kappa shape index (κ1) is 20.7. The highest BCUT2D eigenvalue weighted by Crippen LogP contribution is 2.18. The number of hydrogen-bond acceptors (Lipinski definition) is 4. The van der Waals surface area contributed by atoms with E-state index in [0.717, 1.165) is 12.1 Å². The topological polar surface area (TPSA) is 69.7 Å². The van der Waals surface area contributed by atoms with Crippen LogP contribution in [0.1, 0.15) is 10.4 Å². The van der Waals surface area contributed by atoms with Crippen LogP contribution in [0.4, 0.5) is 4.39 Å². The Labute approximate surface area is 168 Å². The normalized spacial score (nSPS) is 16.1. The fraction of sp³-hybridized carbons (Fsp3) is 0.316. The molecular formula is C19H21ClFN3O3S. The smallest absolute Gasteiger partial charge is 0.251 e. The van der Waals surface area contributed by atoms with Gasteiger partial charge < -0.3 is 5.32 Å². The molecule has 9 heteroatoms. The van der Waals surface area contributed by atoms with E-state index in [4.69, 9.17) is 11.6 Å². The highest BCUT2D eigenvalue weighted by atomic mass is 35.5. The van der Waals surface area contributed by atoms with Crippen molar-refractivity contribution in [3.63, 3.8) is 0 Å². The van der Waals surface area contributed by atoms with Crippen LogP contribution in [-0.2, 0) is 10.0 Å². The summed E-state index contributed by atoms with van der Waals surface area (Å²) in [5.74, 6) is -0.663. The van der Waals surface area contributed by atoms with Crippen molar-refractivity contribution in [2.45, 2.75) is 4.90 Å². The largest absolute Gasteiger partial charge is 0.351 e. The van der Waals surface area contributed by atoms with Crippen LogP contribution < -0.4 is 5.32 Å². The van der Waals surface area contributed by atoms with Gasteiger partial charge in [-0.2, -0.15) is 4.31 Å². The summed E-state index contributed by atoms with van der Waals surface area (Å²) in [7, 11) is -3.62. The molecule has 1 aliphatic heterocycles. The maximum Gasteiger partial charge on any atom is 0.251 e. The first-order chi connectivity index (χ1) is 13.4. The van der Waals surface area contributed by atoms with E-state index < -0.39 is 15.8 Å². The van der Waals surface area contributed by atoms with Crippen LogP contribution in [0.5, 0.6) is 0 Å². The van der Waals surface area contributed by atoms with Gasteiger partial charge in [0.1, 0.15) is 5.82 Å². The quantitative estimate of drug-likeness (QED) is 0.770. The van der Waals surface area contributed by atoms with Gasteiger partial charge in [0.25, 0.3) is 5.91 Å². The molecule has 0 bridgehead atoms. The minimum Gasteiger partial charge on any atom is -0.351 e. The molecule has 0 saturated carbocycles. The molecule has 1 N–H and O–H groups in total. The van der Waals surface area contributed by atoms with Crippen LogP contribution in [0.25, 0.3) is 0 Å². The summed E-state index contributed by atoms with van der Waals surface area (Å²) < 4.78 is 39.6. The van der Waals surface area contributed by atoms with Crippen molar-refractivity contribution in [1.29, 1.82) is 0 Å². The Kier molecular flexibility index (Phi) is 6.66. The van der Waals surface area contributed by atoms with Crippen LogP contribution >= 0.6 is 11.6 Å². The van der Waals surface area contributed by atoms with E-state index in [1.54, 1.807) is 24.3 Å². The molecule has 150 valence electrons. The number of nitrogens with one attached hydrogen (secondary N) is 1. The van der Waals surface area contributed by atoms with Gasteiger partial charge in [0.05, 0.1) is 4.90 Å². The predicted octanol–water partition coefficient (Wildman–Crippen LogP) is 2.22. The summed E-state index contributed by atoms with van der Waals surface area (Å²) in [6.45, 7) is 2.90. The maximum atomic E-state index is 13.0. The summed E-state index contributed by atoms with van der Waals surface area (Å²) in [6.07, 6.45) is 0. The van der Waals surface area contributed by atoms with Crippen molar-refractivity contribution in [1.82, 2.24) is 14.5 Å². The molecule has 2 aromatic rings. The molecule has 1 saturated heterocycles. The molecule has 1 heterocycles. The van der Waals surface area contributed by atoms with Crippen molar-refractivity contribution < 1.29 is 17.6 Å². The number of hydrogen-bond donors (Lipinski definition) is 1. The third-order valence-corrected chi connectivity index (χ3v) is 6.73. The number of nitrogens with zero attached hydrogens (tertiary/aromatic N) is 2. The summed E-state index contributed by atoms with van der Waals surface area (Å²) in [4.78, 5) is 14.3. The van der Waals surface area contributed by atoms with Gasteiger partial charge in [-0.05, 0) is 42.5 Å². The number of amides is 1. The predicted molar refractivity (Wildman–Crippen MR) is 105 cm³/mol. The van der Waals surface area contributed by atoms with E-state index in [1.165, 1.54) is 16.4 Å². The number of halogens is 2. The Morgan fingerprint density at radius 2 is 1.75 bits per heavy atom. The minimum absolute atomic E-state index is 0.0936. The van der Waals surface area contributed by atoms with Gasteiger partial charge in [-0.1, -0.05) is 17.7 Å². The maximum absolute atomic E-state index is 13.0. The summed E-state index contributed by atoms with van der Waals surface area (Å²) in [5, 5.41) is 3.35. The highest BCUT2D eigenvalue weighted by Gasteiger charge is 2.28. The average Bonchev–Trinajstić information content (AvgIpc) is 2.68. The fourth-order valence-electron chi connectivity index (χ4n) is 3.01. The van der Waals surface area contributed by atoms with Crippen molar-refractivity contribution in [2.24, 2.45) is 0 Å². The zero-order valence-corrected chi connectivity index (χ0v) is 16.7. The van der Waals surface area contributed by atoms with Gasteiger partial charge in [-0.15, -0.1) is 0 Å². The molecule has 0 atom stereocenters. The van der Waals surface area contributed by atoms with E-state index >= 15 is 0 Å². The fourth-order valence-corrected chi connectivity index (χ4v) is 4.62. The van der Waals surface area contributed by atoms with Crippen LogP contribution in [-0.4, -0.2) is 62.8 Å². The Hall–Kier alpha value is -2.00. The van der Waals surface area contributed by atoms with Gasteiger partial charge in [0.15, 0.2) is 0 Å². The second-order valence-electron chi connectivity index (χ2n) is 6.47. The van der Waals surface area contributed by atoms with Crippen molar-refractivity contribution >= 4 is 27.5 Å². The van der Waals surface area contributed by atoms with Gasteiger partial charge in [0.2, 0.25) is 10.0 Å². The molecule has 0 aromatic heterocycles. The van der Waals surface area contributed by atoms with Crippen molar-refractivity contribution in [2.75, 3.05) is 39.3 Å². The zero-order valence-electron chi connectivity index (χ0n) is 15.1. The lowest BCUT2D eigenvalue weighted by atomic mass is 10.2. The van der Waals surface area contributed by atoms with E-state index in [1.807, 2.05) is 0 Å². The average molecular weight is 426 g/mol. The van der Waals surface area contributed by atoms with E-state index in [0.29, 0.717) is 49.9 Å². The standard InChI is InChI=1S/C19H21ClFN3O3S/c20-16-3-1-2-15(14-16)19(25)22-8-9-23-10-12-24(13-11-23)28(26,27)18-6-4-17(21)5-7-18/h1-7,14H,8-13H2,(H,22,25). The first-order valence-electron chi connectivity index (χ1n) is 8.88. The second kappa shape index (κ2) is 9.00. The number of rotatable bonds is 6. The van der Waals surface area contributed by atoms with Crippen LogP contribution in [0.2, 0.25) is 5.02 Å². The van der Waals surface area contributed by atoms with Gasteiger partial charge >= 0.3 is 0 Å². The molecule has 0 aliphatic carbocycles. The van der Waals surface area contributed by atoms with Crippen LogP contribution in [0.15, 0.2) is 53.4 Å². The number of piperazine rings is 1. The number of carbonyl (C=O) groups is 1. The molecule has 1 aliphatic rings. The molecule has 0 radical (unpaired) electrons. The molecule has 28 heavy (non-hydrogen) atoms. The number of carbonyl (C=O) groups excluding carboxylic acids is 1. The number of sulfonamides is 1. The van der Waals surface area contributed by atoms with Crippen molar-refractivity contribution in [3.05, 3.63) is 64.9 Å². The molecule has 0 spiro atoms. The lowest BCUT2D eigenvalue weighted by molar-refractivity contribution is 0.0945. The van der Waals surface area contributed by atoms with Gasteiger partial charge in [0, 0.05) is 49.9 Å². The first-order valence-corrected chi connectivity index (χ1v) is 10.7. The van der Waals surface area contributed by atoms with E-state index in [-0.39, 0.29) is 10.8 Å². The second-order valence-corrected chi connectivity index (χ2v) is 8.84. The van der Waals surface area contributed by atoms with Crippen LogP contribution in [0.3, 0.4) is 0 Å². The van der Waals surface area contributed by atoms with Gasteiger partial charge in [-0.3, -0.25) is 9.69 Å². The highest BCUT2D eigenvalue weighted by molar-refractivity contribution is 7.89. The van der Waals surface area contributed by atoms with E-state index in [2.05, 4.69) is 10.2 Å². The third kappa shape index (κ3) is 5.08. The molecular weight excluding hydrogens is 405 g/mol. The van der Waals surface area contributed by atoms with Crippen molar-refractivity contribution in [3.8, 4) is 0 Å².